The minimum Gasteiger partial charge on any atom is -0.493 e. The van der Waals surface area contributed by atoms with E-state index in [0.29, 0.717) is 23.8 Å². The van der Waals surface area contributed by atoms with E-state index in [0.717, 1.165) is 5.56 Å². The highest BCUT2D eigenvalue weighted by molar-refractivity contribution is 5.96. The summed E-state index contributed by atoms with van der Waals surface area (Å²) in [4.78, 5) is 30.9. The van der Waals surface area contributed by atoms with Crippen molar-refractivity contribution in [1.29, 1.82) is 0 Å². The van der Waals surface area contributed by atoms with E-state index >= 15 is 0 Å². The van der Waals surface area contributed by atoms with Crippen molar-refractivity contribution < 1.29 is 23.8 Å². The van der Waals surface area contributed by atoms with Crippen LogP contribution in [0.25, 0.3) is 6.08 Å². The van der Waals surface area contributed by atoms with Gasteiger partial charge in [0, 0.05) is 19.3 Å². The van der Waals surface area contributed by atoms with E-state index in [4.69, 9.17) is 14.2 Å². The maximum atomic E-state index is 12.9. The Kier molecular flexibility index (Phi) is 7.75. The number of benzene rings is 1. The Morgan fingerprint density at radius 1 is 1.20 bits per heavy atom. The SMILES string of the molecule is C=CCOc1ccc(C=CC(=O)N(C)C(C)(C(=O)OC)c2ccccn2)cc1OC. The van der Waals surface area contributed by atoms with Crippen LogP contribution in [0.5, 0.6) is 11.5 Å². The van der Waals surface area contributed by atoms with Gasteiger partial charge >= 0.3 is 5.97 Å². The number of nitrogens with zero attached hydrogens (tertiary/aromatic N) is 2. The number of hydrogen-bond donors (Lipinski definition) is 0. The highest BCUT2D eigenvalue weighted by Gasteiger charge is 2.43. The van der Waals surface area contributed by atoms with E-state index in [1.807, 2.05) is 0 Å². The van der Waals surface area contributed by atoms with Gasteiger partial charge in [0.25, 0.3) is 0 Å². The zero-order valence-corrected chi connectivity index (χ0v) is 17.6. The number of pyridine rings is 1. The van der Waals surface area contributed by atoms with Crippen molar-refractivity contribution in [2.24, 2.45) is 0 Å². The summed E-state index contributed by atoms with van der Waals surface area (Å²) in [6, 6.07) is 10.5. The fourth-order valence-electron chi connectivity index (χ4n) is 2.82. The number of hydrogen-bond acceptors (Lipinski definition) is 6. The molecule has 0 bridgehead atoms. The number of likely N-dealkylation sites (N-methyl/N-ethyl adjacent to an activating group) is 1. The molecule has 0 aliphatic rings. The molecule has 1 heterocycles. The lowest BCUT2D eigenvalue weighted by Crippen LogP contribution is -2.51. The van der Waals surface area contributed by atoms with E-state index in [1.165, 1.54) is 32.2 Å². The summed E-state index contributed by atoms with van der Waals surface area (Å²) in [6.07, 6.45) is 6.21. The topological polar surface area (TPSA) is 78.0 Å². The summed E-state index contributed by atoms with van der Waals surface area (Å²) in [5.74, 6) is 0.134. The Bertz CT molecular complexity index is 926. The van der Waals surface area contributed by atoms with E-state index < -0.39 is 11.5 Å². The molecule has 0 aliphatic carbocycles. The molecule has 2 rings (SSSR count). The Morgan fingerprint density at radius 3 is 2.57 bits per heavy atom. The van der Waals surface area contributed by atoms with Gasteiger partial charge in [0.05, 0.1) is 19.9 Å². The molecule has 1 atom stereocenters. The number of carbonyl (C=O) groups excluding carboxylic acids is 2. The van der Waals surface area contributed by atoms with Gasteiger partial charge in [0.2, 0.25) is 5.91 Å². The van der Waals surface area contributed by atoms with E-state index in [1.54, 1.807) is 61.7 Å². The number of aromatic nitrogens is 1. The number of rotatable bonds is 9. The average molecular weight is 410 g/mol. The molecule has 1 aromatic carbocycles. The van der Waals surface area contributed by atoms with Gasteiger partial charge in [-0.25, -0.2) is 4.79 Å². The van der Waals surface area contributed by atoms with Gasteiger partial charge in [0.1, 0.15) is 6.61 Å². The fourth-order valence-corrected chi connectivity index (χ4v) is 2.82. The van der Waals surface area contributed by atoms with Crippen molar-refractivity contribution in [3.05, 3.63) is 72.6 Å². The first-order valence-corrected chi connectivity index (χ1v) is 9.26. The van der Waals surface area contributed by atoms with Crippen LogP contribution < -0.4 is 9.47 Å². The minimum absolute atomic E-state index is 0.356. The molecule has 0 saturated heterocycles. The lowest BCUT2D eigenvalue weighted by atomic mass is 9.94. The zero-order chi connectivity index (χ0) is 22.1. The molecule has 30 heavy (non-hydrogen) atoms. The minimum atomic E-state index is -1.38. The highest BCUT2D eigenvalue weighted by atomic mass is 16.5. The quantitative estimate of drug-likeness (QED) is 0.359. The molecule has 1 unspecified atom stereocenters. The van der Waals surface area contributed by atoms with Crippen molar-refractivity contribution >= 4 is 18.0 Å². The second-order valence-electron chi connectivity index (χ2n) is 6.52. The van der Waals surface area contributed by atoms with Crippen LogP contribution in [0.15, 0.2) is 61.3 Å². The predicted octanol–water partition coefficient (Wildman–Crippen LogP) is 3.22. The van der Waals surface area contributed by atoms with Gasteiger partial charge in [0.15, 0.2) is 17.0 Å². The summed E-state index contributed by atoms with van der Waals surface area (Å²) in [5, 5.41) is 0. The predicted molar refractivity (Wildman–Crippen MR) is 114 cm³/mol. The average Bonchev–Trinajstić information content (AvgIpc) is 2.80. The molecule has 0 radical (unpaired) electrons. The third kappa shape index (κ3) is 4.86. The maximum Gasteiger partial charge on any atom is 0.337 e. The van der Waals surface area contributed by atoms with Crippen molar-refractivity contribution in [2.75, 3.05) is 27.9 Å². The number of ether oxygens (including phenoxy) is 3. The molecule has 1 amide bonds. The second kappa shape index (κ2) is 10.2. The molecule has 0 N–H and O–H groups in total. The van der Waals surface area contributed by atoms with Gasteiger partial charge in [-0.05, 0) is 42.8 Å². The van der Waals surface area contributed by atoms with E-state index in [-0.39, 0.29) is 5.91 Å². The van der Waals surface area contributed by atoms with Crippen molar-refractivity contribution in [2.45, 2.75) is 12.5 Å². The van der Waals surface area contributed by atoms with Crippen molar-refractivity contribution in [1.82, 2.24) is 9.88 Å². The molecule has 158 valence electrons. The highest BCUT2D eigenvalue weighted by Crippen LogP contribution is 2.30. The second-order valence-corrected chi connectivity index (χ2v) is 6.52. The van der Waals surface area contributed by atoms with Crippen LogP contribution in [0.4, 0.5) is 0 Å². The van der Waals surface area contributed by atoms with Crippen LogP contribution in [0.1, 0.15) is 18.2 Å². The monoisotopic (exact) mass is 410 g/mol. The largest absolute Gasteiger partial charge is 0.493 e. The standard InChI is InChI=1S/C23H26N2O5/c1-6-15-30-18-12-10-17(16-19(18)28-4)11-13-21(26)25(3)23(2,22(27)29-5)20-9-7-8-14-24-20/h6-14,16H,1,15H2,2-5H3. The number of amides is 1. The summed E-state index contributed by atoms with van der Waals surface area (Å²) in [7, 11) is 4.35. The van der Waals surface area contributed by atoms with Crippen LogP contribution in [0.2, 0.25) is 0 Å². The summed E-state index contributed by atoms with van der Waals surface area (Å²) < 4.78 is 15.8. The molecular weight excluding hydrogens is 384 g/mol. The molecule has 1 aromatic heterocycles. The molecule has 0 aliphatic heterocycles. The smallest absolute Gasteiger partial charge is 0.337 e. The lowest BCUT2D eigenvalue weighted by Gasteiger charge is -2.35. The van der Waals surface area contributed by atoms with Crippen LogP contribution in [0, 0.1) is 0 Å². The first kappa shape index (κ1) is 22.7. The fraction of sp³-hybridized carbons (Fsp3) is 0.261. The van der Waals surface area contributed by atoms with Gasteiger partial charge in [-0.15, -0.1) is 0 Å². The van der Waals surface area contributed by atoms with Crippen LogP contribution >= 0.6 is 0 Å². The van der Waals surface area contributed by atoms with E-state index in [2.05, 4.69) is 11.6 Å². The molecule has 2 aromatic rings. The van der Waals surface area contributed by atoms with E-state index in [9.17, 15) is 9.59 Å². The third-order valence-corrected chi connectivity index (χ3v) is 4.71. The van der Waals surface area contributed by atoms with Gasteiger partial charge in [-0.1, -0.05) is 24.8 Å². The van der Waals surface area contributed by atoms with Crippen molar-refractivity contribution in [3.63, 3.8) is 0 Å². The Morgan fingerprint density at radius 2 is 1.97 bits per heavy atom. The molecule has 7 nitrogen and oxygen atoms in total. The van der Waals surface area contributed by atoms with Gasteiger partial charge in [-0.2, -0.15) is 0 Å². The lowest BCUT2D eigenvalue weighted by molar-refractivity contribution is -0.159. The van der Waals surface area contributed by atoms with Crippen molar-refractivity contribution in [3.8, 4) is 11.5 Å². The summed E-state index contributed by atoms with van der Waals surface area (Å²) >= 11 is 0. The molecule has 0 spiro atoms. The summed E-state index contributed by atoms with van der Waals surface area (Å²) in [5.41, 5.74) is -0.235. The number of esters is 1. The van der Waals surface area contributed by atoms with Crippen LogP contribution in [-0.2, 0) is 19.9 Å². The van der Waals surface area contributed by atoms with Crippen LogP contribution in [-0.4, -0.2) is 49.6 Å². The molecule has 0 saturated carbocycles. The molecule has 7 heteroatoms. The third-order valence-electron chi connectivity index (χ3n) is 4.71. The molecule has 0 fully saturated rings. The maximum absolute atomic E-state index is 12.9. The summed E-state index contributed by atoms with van der Waals surface area (Å²) in [6.45, 7) is 5.57. The van der Waals surface area contributed by atoms with Gasteiger partial charge < -0.3 is 19.1 Å². The van der Waals surface area contributed by atoms with Gasteiger partial charge in [-0.3, -0.25) is 9.78 Å². The van der Waals surface area contributed by atoms with Crippen LogP contribution in [0.3, 0.4) is 0 Å². The number of methoxy groups -OCH3 is 2. The zero-order valence-electron chi connectivity index (χ0n) is 17.6. The Labute approximate surface area is 176 Å². The molecular formula is C23H26N2O5. The first-order chi connectivity index (χ1) is 14.4. The Hall–Kier alpha value is -3.61. The first-order valence-electron chi connectivity index (χ1n) is 9.26. The Balaban J connectivity index is 2.27. The number of carbonyl (C=O) groups is 2. The normalized spacial score (nSPS) is 12.7.